The SMILES string of the molecule is Cc1cc(NC(=O)c2ccc(C)n2C)ccc1C#CCO. The lowest BCUT2D eigenvalue weighted by Gasteiger charge is -2.08. The minimum Gasteiger partial charge on any atom is -0.384 e. The summed E-state index contributed by atoms with van der Waals surface area (Å²) >= 11 is 0. The zero-order chi connectivity index (χ0) is 15.4. The van der Waals surface area contributed by atoms with Gasteiger partial charge < -0.3 is 15.0 Å². The summed E-state index contributed by atoms with van der Waals surface area (Å²) in [6.45, 7) is 3.71. The van der Waals surface area contributed by atoms with Gasteiger partial charge in [0.1, 0.15) is 12.3 Å². The van der Waals surface area contributed by atoms with Crippen molar-refractivity contribution in [3.63, 3.8) is 0 Å². The van der Waals surface area contributed by atoms with Crippen LogP contribution in [-0.2, 0) is 7.05 Å². The number of aromatic nitrogens is 1. The summed E-state index contributed by atoms with van der Waals surface area (Å²) in [5.41, 5.74) is 4.18. The van der Waals surface area contributed by atoms with Gasteiger partial charge in [-0.25, -0.2) is 0 Å². The molecule has 4 heteroatoms. The first kappa shape index (κ1) is 14.9. The average Bonchev–Trinajstić information content (AvgIpc) is 2.78. The summed E-state index contributed by atoms with van der Waals surface area (Å²) in [4.78, 5) is 12.2. The fourth-order valence-corrected chi connectivity index (χ4v) is 2.05. The molecule has 0 aliphatic rings. The van der Waals surface area contributed by atoms with E-state index in [1.165, 1.54) is 0 Å². The van der Waals surface area contributed by atoms with Crippen LogP contribution in [0, 0.1) is 25.7 Å². The van der Waals surface area contributed by atoms with Gasteiger partial charge in [0.25, 0.3) is 5.91 Å². The van der Waals surface area contributed by atoms with Gasteiger partial charge in [0.15, 0.2) is 0 Å². The highest BCUT2D eigenvalue weighted by Gasteiger charge is 2.11. The van der Waals surface area contributed by atoms with E-state index < -0.39 is 0 Å². The van der Waals surface area contributed by atoms with Crippen molar-refractivity contribution in [2.45, 2.75) is 13.8 Å². The maximum atomic E-state index is 12.2. The monoisotopic (exact) mass is 282 g/mol. The van der Waals surface area contributed by atoms with Gasteiger partial charge in [-0.1, -0.05) is 11.8 Å². The number of hydrogen-bond donors (Lipinski definition) is 2. The number of aryl methyl sites for hydroxylation is 2. The number of aliphatic hydroxyl groups excluding tert-OH is 1. The number of nitrogens with one attached hydrogen (secondary N) is 1. The third-order valence-corrected chi connectivity index (χ3v) is 3.39. The van der Waals surface area contributed by atoms with Crippen molar-refractivity contribution in [1.29, 1.82) is 0 Å². The molecule has 0 radical (unpaired) electrons. The molecule has 0 aliphatic heterocycles. The zero-order valence-electron chi connectivity index (χ0n) is 12.4. The summed E-state index contributed by atoms with van der Waals surface area (Å²) in [6.07, 6.45) is 0. The Bertz CT molecular complexity index is 733. The van der Waals surface area contributed by atoms with E-state index in [9.17, 15) is 4.79 Å². The van der Waals surface area contributed by atoms with Crippen LogP contribution < -0.4 is 5.32 Å². The van der Waals surface area contributed by atoms with Gasteiger partial charge in [0, 0.05) is 24.0 Å². The normalized spacial score (nSPS) is 9.90. The molecule has 2 aromatic rings. The number of anilines is 1. The van der Waals surface area contributed by atoms with Gasteiger partial charge in [-0.2, -0.15) is 0 Å². The van der Waals surface area contributed by atoms with Gasteiger partial charge in [0.2, 0.25) is 0 Å². The number of hydrogen-bond acceptors (Lipinski definition) is 2. The molecule has 0 fully saturated rings. The highest BCUT2D eigenvalue weighted by atomic mass is 16.2. The molecule has 108 valence electrons. The molecule has 1 amide bonds. The van der Waals surface area contributed by atoms with Crippen LogP contribution in [0.2, 0.25) is 0 Å². The summed E-state index contributed by atoms with van der Waals surface area (Å²) in [7, 11) is 1.86. The van der Waals surface area contributed by atoms with Crippen molar-refractivity contribution >= 4 is 11.6 Å². The lowest BCUT2D eigenvalue weighted by atomic mass is 10.1. The van der Waals surface area contributed by atoms with E-state index in [1.54, 1.807) is 6.07 Å². The molecule has 0 unspecified atom stereocenters. The van der Waals surface area contributed by atoms with Crippen molar-refractivity contribution < 1.29 is 9.90 Å². The number of carbonyl (C=O) groups excluding carboxylic acids is 1. The molecule has 1 aromatic carbocycles. The summed E-state index contributed by atoms with van der Waals surface area (Å²) in [6, 6.07) is 9.23. The van der Waals surface area contributed by atoms with Crippen molar-refractivity contribution in [2.75, 3.05) is 11.9 Å². The molecular formula is C17H18N2O2. The molecule has 0 bridgehead atoms. The topological polar surface area (TPSA) is 54.3 Å². The van der Waals surface area contributed by atoms with Crippen LogP contribution in [0.1, 0.15) is 27.3 Å². The first-order valence-electron chi connectivity index (χ1n) is 6.67. The van der Waals surface area contributed by atoms with Gasteiger partial charge >= 0.3 is 0 Å². The maximum absolute atomic E-state index is 12.2. The van der Waals surface area contributed by atoms with E-state index in [1.807, 2.05) is 49.7 Å². The van der Waals surface area contributed by atoms with Crippen LogP contribution in [0.3, 0.4) is 0 Å². The first-order chi connectivity index (χ1) is 10.0. The third kappa shape index (κ3) is 3.33. The van der Waals surface area contributed by atoms with E-state index >= 15 is 0 Å². The molecule has 0 spiro atoms. The minimum absolute atomic E-state index is 0.140. The van der Waals surface area contributed by atoms with Crippen LogP contribution in [0.15, 0.2) is 30.3 Å². The number of rotatable bonds is 2. The Balaban J connectivity index is 2.19. The summed E-state index contributed by atoms with van der Waals surface area (Å²) < 4.78 is 1.85. The highest BCUT2D eigenvalue weighted by molar-refractivity contribution is 6.03. The van der Waals surface area contributed by atoms with Gasteiger partial charge in [0.05, 0.1) is 0 Å². The Labute approximate surface area is 124 Å². The number of nitrogens with zero attached hydrogens (tertiary/aromatic N) is 1. The molecule has 0 atom stereocenters. The molecule has 2 N–H and O–H groups in total. The largest absolute Gasteiger partial charge is 0.384 e. The molecule has 4 nitrogen and oxygen atoms in total. The second kappa shape index (κ2) is 6.29. The Morgan fingerprint density at radius 3 is 2.62 bits per heavy atom. The molecular weight excluding hydrogens is 264 g/mol. The zero-order valence-corrected chi connectivity index (χ0v) is 12.4. The first-order valence-corrected chi connectivity index (χ1v) is 6.67. The van der Waals surface area contributed by atoms with Crippen molar-refractivity contribution in [2.24, 2.45) is 7.05 Å². The predicted molar refractivity (Wildman–Crippen MR) is 83.2 cm³/mol. The average molecular weight is 282 g/mol. The van der Waals surface area contributed by atoms with Crippen molar-refractivity contribution in [1.82, 2.24) is 4.57 Å². The summed E-state index contributed by atoms with van der Waals surface area (Å²) in [5.74, 6) is 5.35. The van der Waals surface area contributed by atoms with E-state index in [-0.39, 0.29) is 12.5 Å². The van der Waals surface area contributed by atoms with Gasteiger partial charge in [-0.3, -0.25) is 4.79 Å². The minimum atomic E-state index is -0.162. The van der Waals surface area contributed by atoms with Crippen molar-refractivity contribution in [3.8, 4) is 11.8 Å². The van der Waals surface area contributed by atoms with Crippen LogP contribution in [0.5, 0.6) is 0 Å². The van der Waals surface area contributed by atoms with Crippen molar-refractivity contribution in [3.05, 3.63) is 52.8 Å². The van der Waals surface area contributed by atoms with E-state index in [0.717, 1.165) is 22.5 Å². The van der Waals surface area contributed by atoms with E-state index in [4.69, 9.17) is 5.11 Å². The second-order valence-electron chi connectivity index (χ2n) is 4.86. The smallest absolute Gasteiger partial charge is 0.272 e. The lowest BCUT2D eigenvalue weighted by Crippen LogP contribution is -2.16. The highest BCUT2D eigenvalue weighted by Crippen LogP contribution is 2.16. The Morgan fingerprint density at radius 1 is 1.29 bits per heavy atom. The van der Waals surface area contributed by atoms with Crippen LogP contribution in [-0.4, -0.2) is 22.2 Å². The standard InChI is InChI=1S/C17H18N2O2/c1-12-11-15(8-7-14(12)5-4-10-20)18-17(21)16-9-6-13(2)19(16)3/h6-9,11,20H,10H2,1-3H3,(H,18,21). The molecule has 0 aliphatic carbocycles. The lowest BCUT2D eigenvalue weighted by molar-refractivity contribution is 0.101. The van der Waals surface area contributed by atoms with Crippen LogP contribution in [0.25, 0.3) is 0 Å². The number of carbonyl (C=O) groups is 1. The summed E-state index contributed by atoms with van der Waals surface area (Å²) in [5, 5.41) is 11.6. The molecule has 21 heavy (non-hydrogen) atoms. The van der Waals surface area contributed by atoms with Crippen LogP contribution >= 0.6 is 0 Å². The number of benzene rings is 1. The predicted octanol–water partition coefficient (Wildman–Crippen LogP) is 2.24. The molecule has 0 saturated carbocycles. The second-order valence-corrected chi connectivity index (χ2v) is 4.86. The molecule has 2 rings (SSSR count). The Hall–Kier alpha value is -2.51. The third-order valence-electron chi connectivity index (χ3n) is 3.39. The fraction of sp³-hybridized carbons (Fsp3) is 0.235. The van der Waals surface area contributed by atoms with E-state index in [0.29, 0.717) is 5.69 Å². The molecule has 0 saturated heterocycles. The number of aliphatic hydroxyl groups is 1. The molecule has 1 heterocycles. The van der Waals surface area contributed by atoms with E-state index in [2.05, 4.69) is 17.2 Å². The maximum Gasteiger partial charge on any atom is 0.272 e. The van der Waals surface area contributed by atoms with Crippen LogP contribution in [0.4, 0.5) is 5.69 Å². The number of amides is 1. The van der Waals surface area contributed by atoms with Gasteiger partial charge in [-0.05, 0) is 49.7 Å². The Morgan fingerprint density at radius 2 is 2.05 bits per heavy atom. The fourth-order valence-electron chi connectivity index (χ4n) is 2.05. The molecule has 1 aromatic heterocycles. The van der Waals surface area contributed by atoms with Gasteiger partial charge in [-0.15, -0.1) is 0 Å². The quantitative estimate of drug-likeness (QED) is 0.830. The Kier molecular flexibility index (Phi) is 4.46.